The molecule has 0 bridgehead atoms. The van der Waals surface area contributed by atoms with Gasteiger partial charge in [-0.2, -0.15) is 0 Å². The lowest BCUT2D eigenvalue weighted by Crippen LogP contribution is -2.44. The van der Waals surface area contributed by atoms with Gasteiger partial charge in [-0.1, -0.05) is 0 Å². The van der Waals surface area contributed by atoms with E-state index in [0.717, 1.165) is 6.04 Å². The summed E-state index contributed by atoms with van der Waals surface area (Å²) in [6, 6.07) is 1.93. The van der Waals surface area contributed by atoms with Crippen LogP contribution in [0.3, 0.4) is 0 Å². The van der Waals surface area contributed by atoms with Crippen LogP contribution in [0, 0.1) is 0 Å². The van der Waals surface area contributed by atoms with Gasteiger partial charge < -0.3 is 10.6 Å². The van der Waals surface area contributed by atoms with Gasteiger partial charge in [0.05, 0.1) is 0 Å². The average molecular weight is 211 g/mol. The zero-order valence-corrected chi connectivity index (χ0v) is 10.2. The predicted molar refractivity (Wildman–Crippen MR) is 63.9 cm³/mol. The van der Waals surface area contributed by atoms with Crippen LogP contribution in [0.2, 0.25) is 0 Å². The van der Waals surface area contributed by atoms with Gasteiger partial charge in [-0.15, -0.1) is 0 Å². The molecule has 2 aliphatic rings. The van der Waals surface area contributed by atoms with E-state index in [1.165, 1.54) is 45.3 Å². The van der Waals surface area contributed by atoms with Crippen molar-refractivity contribution < 1.29 is 0 Å². The lowest BCUT2D eigenvalue weighted by molar-refractivity contribution is 0.144. The zero-order chi connectivity index (χ0) is 10.8. The minimum atomic E-state index is 0.461. The van der Waals surface area contributed by atoms with Crippen molar-refractivity contribution in [3.63, 3.8) is 0 Å². The van der Waals surface area contributed by atoms with Gasteiger partial charge in [0, 0.05) is 24.7 Å². The maximum atomic E-state index is 6.01. The third kappa shape index (κ3) is 2.71. The first-order valence-electron chi connectivity index (χ1n) is 6.36. The molecule has 15 heavy (non-hydrogen) atoms. The molecule has 3 atom stereocenters. The second-order valence-electron chi connectivity index (χ2n) is 5.43. The maximum absolute atomic E-state index is 6.01. The quantitative estimate of drug-likeness (QED) is 0.699. The Morgan fingerprint density at radius 3 is 2.67 bits per heavy atom. The van der Waals surface area contributed by atoms with Crippen LogP contribution in [0.25, 0.3) is 0 Å². The van der Waals surface area contributed by atoms with Gasteiger partial charge in [0.1, 0.15) is 0 Å². The van der Waals surface area contributed by atoms with Crippen molar-refractivity contribution in [2.45, 2.75) is 50.7 Å². The third-order valence-corrected chi connectivity index (χ3v) is 4.01. The molecule has 0 amide bonds. The van der Waals surface area contributed by atoms with Crippen LogP contribution in [0.4, 0.5) is 0 Å². The molecule has 0 aromatic carbocycles. The Morgan fingerprint density at radius 1 is 1.20 bits per heavy atom. The van der Waals surface area contributed by atoms with Crippen molar-refractivity contribution in [1.29, 1.82) is 0 Å². The van der Waals surface area contributed by atoms with Crippen molar-refractivity contribution >= 4 is 0 Å². The van der Waals surface area contributed by atoms with Crippen LogP contribution in [0.1, 0.15) is 32.6 Å². The predicted octanol–water partition coefficient (Wildman–Crippen LogP) is 0.892. The van der Waals surface area contributed by atoms with E-state index >= 15 is 0 Å². The van der Waals surface area contributed by atoms with Gasteiger partial charge in [0.15, 0.2) is 0 Å². The van der Waals surface area contributed by atoms with E-state index in [4.69, 9.17) is 5.73 Å². The number of likely N-dealkylation sites (N-methyl/N-ethyl adjacent to an activating group) is 1. The number of hydrogen-bond donors (Lipinski definition) is 1. The summed E-state index contributed by atoms with van der Waals surface area (Å²) in [5.74, 6) is 0. The van der Waals surface area contributed by atoms with Gasteiger partial charge in [0.2, 0.25) is 0 Å². The summed E-state index contributed by atoms with van der Waals surface area (Å²) in [4.78, 5) is 5.16. The molecule has 1 heterocycles. The SMILES string of the molecule is CC1CN(C)CCCN1C1CCC(N)C1. The minimum absolute atomic E-state index is 0.461. The molecule has 2 fully saturated rings. The van der Waals surface area contributed by atoms with Gasteiger partial charge in [0.25, 0.3) is 0 Å². The van der Waals surface area contributed by atoms with Crippen LogP contribution in [0.15, 0.2) is 0 Å². The lowest BCUT2D eigenvalue weighted by atomic mass is 10.1. The first-order valence-corrected chi connectivity index (χ1v) is 6.36. The van der Waals surface area contributed by atoms with Crippen LogP contribution >= 0.6 is 0 Å². The molecule has 0 aromatic heterocycles. The topological polar surface area (TPSA) is 32.5 Å². The highest BCUT2D eigenvalue weighted by molar-refractivity contribution is 4.88. The molecular formula is C12H25N3. The largest absolute Gasteiger partial charge is 0.328 e. The molecule has 0 radical (unpaired) electrons. The van der Waals surface area contributed by atoms with E-state index in [-0.39, 0.29) is 0 Å². The van der Waals surface area contributed by atoms with Crippen molar-refractivity contribution in [3.05, 3.63) is 0 Å². The fraction of sp³-hybridized carbons (Fsp3) is 1.00. The Hall–Kier alpha value is -0.120. The molecule has 3 unspecified atom stereocenters. The van der Waals surface area contributed by atoms with E-state index in [1.807, 2.05) is 0 Å². The first kappa shape index (κ1) is 11.4. The Balaban J connectivity index is 1.95. The van der Waals surface area contributed by atoms with Gasteiger partial charge in [-0.05, 0) is 52.7 Å². The number of nitrogens with two attached hydrogens (primary N) is 1. The number of rotatable bonds is 1. The summed E-state index contributed by atoms with van der Waals surface area (Å²) >= 11 is 0. The number of nitrogens with zero attached hydrogens (tertiary/aromatic N) is 2. The molecule has 1 aliphatic carbocycles. The summed E-state index contributed by atoms with van der Waals surface area (Å²) in [5, 5.41) is 0. The van der Waals surface area contributed by atoms with Crippen LogP contribution in [-0.4, -0.2) is 54.6 Å². The smallest absolute Gasteiger partial charge is 0.0197 e. The zero-order valence-electron chi connectivity index (χ0n) is 10.2. The summed E-state index contributed by atoms with van der Waals surface area (Å²) < 4.78 is 0. The van der Waals surface area contributed by atoms with Crippen LogP contribution < -0.4 is 5.73 Å². The molecule has 1 saturated carbocycles. The summed E-state index contributed by atoms with van der Waals surface area (Å²) in [6.07, 6.45) is 5.07. The Labute approximate surface area is 93.6 Å². The Morgan fingerprint density at radius 2 is 2.00 bits per heavy atom. The highest BCUT2D eigenvalue weighted by Crippen LogP contribution is 2.25. The molecule has 1 saturated heterocycles. The highest BCUT2D eigenvalue weighted by Gasteiger charge is 2.31. The fourth-order valence-electron chi connectivity index (χ4n) is 3.23. The van der Waals surface area contributed by atoms with Crippen LogP contribution in [0.5, 0.6) is 0 Å². The fourth-order valence-corrected chi connectivity index (χ4v) is 3.23. The normalized spacial score (nSPS) is 40.6. The molecule has 0 spiro atoms. The van der Waals surface area contributed by atoms with Crippen molar-refractivity contribution in [1.82, 2.24) is 9.80 Å². The third-order valence-electron chi connectivity index (χ3n) is 4.01. The minimum Gasteiger partial charge on any atom is -0.328 e. The standard InChI is InChI=1S/C12H25N3/c1-10-9-14(2)6-3-7-15(10)12-5-4-11(13)8-12/h10-12H,3-9,13H2,1-2H3. The average Bonchev–Trinajstić information content (AvgIpc) is 2.51. The lowest BCUT2D eigenvalue weighted by Gasteiger charge is -2.33. The highest BCUT2D eigenvalue weighted by atomic mass is 15.2. The van der Waals surface area contributed by atoms with E-state index < -0.39 is 0 Å². The maximum Gasteiger partial charge on any atom is 0.0197 e. The second kappa shape index (κ2) is 4.81. The van der Waals surface area contributed by atoms with E-state index in [0.29, 0.717) is 12.1 Å². The molecule has 2 rings (SSSR count). The summed E-state index contributed by atoms with van der Waals surface area (Å²) in [6.45, 7) is 6.10. The van der Waals surface area contributed by atoms with Crippen molar-refractivity contribution in [2.75, 3.05) is 26.7 Å². The second-order valence-corrected chi connectivity index (χ2v) is 5.43. The molecular weight excluding hydrogens is 186 g/mol. The molecule has 1 aliphatic heterocycles. The Kier molecular flexibility index (Phi) is 3.65. The van der Waals surface area contributed by atoms with E-state index in [1.54, 1.807) is 0 Å². The molecule has 88 valence electrons. The van der Waals surface area contributed by atoms with Crippen LogP contribution in [-0.2, 0) is 0 Å². The van der Waals surface area contributed by atoms with E-state index in [9.17, 15) is 0 Å². The van der Waals surface area contributed by atoms with E-state index in [2.05, 4.69) is 23.8 Å². The Bertz CT molecular complexity index is 207. The molecule has 3 nitrogen and oxygen atoms in total. The summed E-state index contributed by atoms with van der Waals surface area (Å²) in [7, 11) is 2.24. The molecule has 2 N–H and O–H groups in total. The molecule has 3 heteroatoms. The first-order chi connectivity index (χ1) is 7.16. The molecule has 0 aromatic rings. The monoisotopic (exact) mass is 211 g/mol. The van der Waals surface area contributed by atoms with Gasteiger partial charge in [-0.3, -0.25) is 4.90 Å². The van der Waals surface area contributed by atoms with Gasteiger partial charge in [-0.25, -0.2) is 0 Å². The van der Waals surface area contributed by atoms with Gasteiger partial charge >= 0.3 is 0 Å². The number of hydrogen-bond acceptors (Lipinski definition) is 3. The van der Waals surface area contributed by atoms with Crippen molar-refractivity contribution in [3.8, 4) is 0 Å². The summed E-state index contributed by atoms with van der Waals surface area (Å²) in [5.41, 5.74) is 6.01. The van der Waals surface area contributed by atoms with Crippen molar-refractivity contribution in [2.24, 2.45) is 5.73 Å².